The minimum absolute atomic E-state index is 0.417. The lowest BCUT2D eigenvalue weighted by atomic mass is 9.83. The highest BCUT2D eigenvalue weighted by molar-refractivity contribution is 5.90. The van der Waals surface area contributed by atoms with E-state index in [9.17, 15) is 13.6 Å². The molecule has 1 saturated heterocycles. The number of aromatic nitrogens is 1. The molecule has 5 rings (SSSR count). The van der Waals surface area contributed by atoms with Gasteiger partial charge in [-0.25, -0.2) is 13.6 Å². The fraction of sp³-hybridized carbons (Fsp3) is 0.348. The molecule has 0 aliphatic carbocycles. The molecule has 2 aliphatic rings. The Kier molecular flexibility index (Phi) is 4.81. The van der Waals surface area contributed by atoms with E-state index < -0.39 is 29.0 Å². The monoisotopic (exact) mass is 427 g/mol. The Balaban J connectivity index is 1.36. The van der Waals surface area contributed by atoms with E-state index >= 15 is 0 Å². The molecule has 2 aromatic carbocycles. The summed E-state index contributed by atoms with van der Waals surface area (Å²) in [7, 11) is 1.65. The van der Waals surface area contributed by atoms with Crippen molar-refractivity contribution in [1.29, 1.82) is 0 Å². The zero-order valence-corrected chi connectivity index (χ0v) is 17.1. The number of halogens is 2. The topological polar surface area (TPSA) is 66.6 Å². The van der Waals surface area contributed by atoms with E-state index in [0.717, 1.165) is 40.9 Å². The average Bonchev–Trinajstić information content (AvgIpc) is 3.16. The number of hydrogen-bond acceptors (Lipinski definition) is 3. The minimum Gasteiger partial charge on any atom is -0.497 e. The number of urea groups is 1. The van der Waals surface area contributed by atoms with E-state index in [4.69, 9.17) is 9.47 Å². The summed E-state index contributed by atoms with van der Waals surface area (Å²) in [5.41, 5.74) is 2.40. The lowest BCUT2D eigenvalue weighted by Crippen LogP contribution is -2.49. The number of carbonyl (C=O) groups is 1. The zero-order valence-electron chi connectivity index (χ0n) is 17.1. The van der Waals surface area contributed by atoms with Crippen LogP contribution < -0.4 is 10.1 Å². The molecule has 0 unspecified atom stereocenters. The predicted molar refractivity (Wildman–Crippen MR) is 112 cm³/mol. The molecule has 3 heterocycles. The van der Waals surface area contributed by atoms with Crippen molar-refractivity contribution in [2.45, 2.75) is 24.9 Å². The highest BCUT2D eigenvalue weighted by Gasteiger charge is 2.43. The third-order valence-corrected chi connectivity index (χ3v) is 6.35. The highest BCUT2D eigenvalue weighted by Crippen LogP contribution is 2.44. The molecule has 1 aromatic heterocycles. The van der Waals surface area contributed by atoms with Crippen molar-refractivity contribution < 1.29 is 23.0 Å². The number of methoxy groups -OCH3 is 1. The molecule has 162 valence electrons. The second kappa shape index (κ2) is 7.53. The van der Waals surface area contributed by atoms with Crippen molar-refractivity contribution >= 4 is 22.6 Å². The molecule has 0 atom stereocenters. The van der Waals surface area contributed by atoms with E-state index in [1.807, 2.05) is 18.2 Å². The van der Waals surface area contributed by atoms with Crippen molar-refractivity contribution in [3.63, 3.8) is 0 Å². The quantitative estimate of drug-likeness (QED) is 0.631. The van der Waals surface area contributed by atoms with Gasteiger partial charge in [0.15, 0.2) is 0 Å². The molecule has 0 radical (unpaired) electrons. The highest BCUT2D eigenvalue weighted by atomic mass is 19.1. The van der Waals surface area contributed by atoms with Crippen LogP contribution >= 0.6 is 0 Å². The molecule has 2 aliphatic heterocycles. The minimum atomic E-state index is -0.796. The van der Waals surface area contributed by atoms with Gasteiger partial charge in [0.05, 0.1) is 19.4 Å². The van der Waals surface area contributed by atoms with Crippen molar-refractivity contribution in [2.75, 3.05) is 32.1 Å². The van der Waals surface area contributed by atoms with Gasteiger partial charge in [0.1, 0.15) is 28.7 Å². The third kappa shape index (κ3) is 3.31. The number of nitrogens with zero attached hydrogens (tertiary/aromatic N) is 1. The predicted octanol–water partition coefficient (Wildman–Crippen LogP) is 4.55. The van der Waals surface area contributed by atoms with Gasteiger partial charge in [0.25, 0.3) is 0 Å². The second-order valence-electron chi connectivity index (χ2n) is 8.00. The third-order valence-electron chi connectivity index (χ3n) is 6.35. The van der Waals surface area contributed by atoms with Crippen LogP contribution in [0.25, 0.3) is 10.9 Å². The first-order chi connectivity index (χ1) is 15.0. The molecule has 6 nitrogen and oxygen atoms in total. The maximum atomic E-state index is 13.9. The van der Waals surface area contributed by atoms with Crippen LogP contribution in [0.1, 0.15) is 24.1 Å². The van der Waals surface area contributed by atoms with Crippen molar-refractivity contribution in [3.05, 3.63) is 59.3 Å². The fourth-order valence-corrected chi connectivity index (χ4v) is 4.69. The van der Waals surface area contributed by atoms with Crippen LogP contribution in [0.15, 0.2) is 36.4 Å². The van der Waals surface area contributed by atoms with E-state index in [-0.39, 0.29) is 0 Å². The van der Waals surface area contributed by atoms with E-state index in [0.29, 0.717) is 32.5 Å². The average molecular weight is 427 g/mol. The summed E-state index contributed by atoms with van der Waals surface area (Å²) in [6.45, 7) is 1.43. The molecule has 0 saturated carbocycles. The number of rotatable bonds is 2. The Labute approximate surface area is 178 Å². The number of fused-ring (bicyclic) bond motifs is 4. The van der Waals surface area contributed by atoms with Crippen molar-refractivity contribution in [1.82, 2.24) is 9.88 Å². The van der Waals surface area contributed by atoms with Crippen LogP contribution in [0.4, 0.5) is 19.3 Å². The first kappa shape index (κ1) is 19.8. The number of amides is 2. The lowest BCUT2D eigenvalue weighted by molar-refractivity contribution is -0.0943. The summed E-state index contributed by atoms with van der Waals surface area (Å²) in [4.78, 5) is 17.7. The Morgan fingerprint density at radius 3 is 2.65 bits per heavy atom. The van der Waals surface area contributed by atoms with Crippen molar-refractivity contribution in [2.24, 2.45) is 0 Å². The van der Waals surface area contributed by atoms with E-state index in [2.05, 4.69) is 10.3 Å². The van der Waals surface area contributed by atoms with Gasteiger partial charge in [0.2, 0.25) is 0 Å². The van der Waals surface area contributed by atoms with E-state index in [1.165, 1.54) is 11.6 Å². The summed E-state index contributed by atoms with van der Waals surface area (Å²) in [5, 5.41) is 3.50. The number of H-pyrrole nitrogens is 1. The number of carbonyl (C=O) groups excluding carboxylic acids is 1. The van der Waals surface area contributed by atoms with Gasteiger partial charge >= 0.3 is 6.03 Å². The molecule has 31 heavy (non-hydrogen) atoms. The van der Waals surface area contributed by atoms with Gasteiger partial charge in [-0.15, -0.1) is 0 Å². The van der Waals surface area contributed by atoms with Crippen LogP contribution in [-0.4, -0.2) is 42.7 Å². The Bertz CT molecular complexity index is 1130. The first-order valence-electron chi connectivity index (χ1n) is 10.3. The Morgan fingerprint density at radius 2 is 1.94 bits per heavy atom. The molecular weight excluding hydrogens is 404 g/mol. The molecule has 2 amide bonds. The molecule has 8 heteroatoms. The van der Waals surface area contributed by atoms with Crippen LogP contribution in [0.3, 0.4) is 0 Å². The van der Waals surface area contributed by atoms with Crippen LogP contribution in [-0.2, 0) is 16.8 Å². The summed E-state index contributed by atoms with van der Waals surface area (Å²) in [5.74, 6) is -0.784. The number of hydrogen-bond donors (Lipinski definition) is 2. The number of anilines is 1. The molecule has 3 aromatic rings. The van der Waals surface area contributed by atoms with Crippen LogP contribution in [0.2, 0.25) is 0 Å². The smallest absolute Gasteiger partial charge is 0.322 e. The maximum Gasteiger partial charge on any atom is 0.322 e. The number of nitrogens with one attached hydrogen (secondary N) is 2. The van der Waals surface area contributed by atoms with E-state index in [1.54, 1.807) is 12.0 Å². The summed E-state index contributed by atoms with van der Waals surface area (Å²) in [6, 6.07) is 8.95. The number of benzene rings is 2. The standard InChI is InChI=1S/C23H23F2N3O3/c1-30-14-5-6-19-16(13-14)15-7-12-31-23(21(15)26-19)8-10-28(11-9-23)22(29)27-20-17(24)3-2-4-18(20)25/h2-6,13,26H,7-12H2,1H3,(H,27,29). The van der Waals surface area contributed by atoms with Crippen molar-refractivity contribution in [3.8, 4) is 5.75 Å². The second-order valence-corrected chi connectivity index (χ2v) is 8.00. The largest absolute Gasteiger partial charge is 0.497 e. The summed E-state index contributed by atoms with van der Waals surface area (Å²) >= 11 is 0. The van der Waals surface area contributed by atoms with Gasteiger partial charge in [-0.1, -0.05) is 6.07 Å². The number of aromatic amines is 1. The Hall–Kier alpha value is -3.13. The van der Waals surface area contributed by atoms with Gasteiger partial charge in [-0.2, -0.15) is 0 Å². The lowest BCUT2D eigenvalue weighted by Gasteiger charge is -2.43. The maximum absolute atomic E-state index is 13.9. The normalized spacial score (nSPS) is 17.6. The van der Waals surface area contributed by atoms with Gasteiger partial charge < -0.3 is 24.7 Å². The molecule has 0 bridgehead atoms. The molecule has 1 spiro atoms. The SMILES string of the molecule is COc1ccc2[nH]c3c(c2c1)CCOC31CCN(C(=O)Nc2c(F)cccc2F)CC1. The Morgan fingerprint density at radius 1 is 1.19 bits per heavy atom. The van der Waals surface area contributed by atoms with Crippen LogP contribution in [0.5, 0.6) is 5.75 Å². The molecule has 2 N–H and O–H groups in total. The molecule has 1 fully saturated rings. The summed E-state index contributed by atoms with van der Waals surface area (Å²) < 4.78 is 39.4. The van der Waals surface area contributed by atoms with Gasteiger partial charge in [0, 0.05) is 24.0 Å². The zero-order chi connectivity index (χ0) is 21.6. The first-order valence-corrected chi connectivity index (χ1v) is 10.3. The number of piperidine rings is 1. The van der Waals surface area contributed by atoms with Gasteiger partial charge in [-0.3, -0.25) is 0 Å². The van der Waals surface area contributed by atoms with Crippen LogP contribution in [0, 0.1) is 11.6 Å². The number of likely N-dealkylation sites (tertiary alicyclic amines) is 1. The number of ether oxygens (including phenoxy) is 2. The summed E-state index contributed by atoms with van der Waals surface area (Å²) in [6.07, 6.45) is 2.00. The number of para-hydroxylation sites is 1. The molecular formula is C23H23F2N3O3. The van der Waals surface area contributed by atoms with Gasteiger partial charge in [-0.05, 0) is 55.2 Å². The fourth-order valence-electron chi connectivity index (χ4n) is 4.69.